The normalized spacial score (nSPS) is 12.0. The van der Waals surface area contributed by atoms with E-state index in [4.69, 9.17) is 9.47 Å². The first kappa shape index (κ1) is 15.2. The van der Waals surface area contributed by atoms with Crippen molar-refractivity contribution in [3.8, 4) is 11.5 Å². The summed E-state index contributed by atoms with van der Waals surface area (Å²) in [6.45, 7) is 0.169. The Morgan fingerprint density at radius 1 is 1.13 bits per heavy atom. The smallest absolute Gasteiger partial charge is 0.234 e. The van der Waals surface area contributed by atoms with Gasteiger partial charge in [0.2, 0.25) is 12.7 Å². The molecular formula is C16H12NO5S-. The lowest BCUT2D eigenvalue weighted by Crippen LogP contribution is -2.23. The molecule has 0 saturated heterocycles. The van der Waals surface area contributed by atoms with Gasteiger partial charge in [-0.3, -0.25) is 4.79 Å². The van der Waals surface area contributed by atoms with Crippen LogP contribution in [0, 0.1) is 0 Å². The minimum absolute atomic E-state index is 0.0772. The van der Waals surface area contributed by atoms with Crippen molar-refractivity contribution in [2.24, 2.45) is 0 Å². The Morgan fingerprint density at radius 3 is 2.74 bits per heavy atom. The maximum atomic E-state index is 12.0. The zero-order valence-electron chi connectivity index (χ0n) is 11.9. The van der Waals surface area contributed by atoms with Gasteiger partial charge >= 0.3 is 0 Å². The average molecular weight is 330 g/mol. The van der Waals surface area contributed by atoms with Gasteiger partial charge in [-0.1, -0.05) is 18.2 Å². The number of carbonyl (C=O) groups excluding carboxylic acids is 2. The maximum Gasteiger partial charge on any atom is 0.234 e. The molecule has 0 aromatic heterocycles. The molecule has 7 heteroatoms. The van der Waals surface area contributed by atoms with E-state index in [1.807, 2.05) is 0 Å². The van der Waals surface area contributed by atoms with Gasteiger partial charge in [-0.25, -0.2) is 0 Å². The number of anilines is 1. The van der Waals surface area contributed by atoms with Gasteiger partial charge in [-0.15, -0.1) is 11.8 Å². The molecule has 0 radical (unpaired) electrons. The van der Waals surface area contributed by atoms with Crippen molar-refractivity contribution in [1.82, 2.24) is 0 Å². The number of nitrogens with one attached hydrogen (secondary N) is 1. The summed E-state index contributed by atoms with van der Waals surface area (Å²) in [6.07, 6.45) is 0. The Morgan fingerprint density at radius 2 is 1.91 bits per heavy atom. The lowest BCUT2D eigenvalue weighted by atomic mass is 10.2. The summed E-state index contributed by atoms with van der Waals surface area (Å²) in [4.78, 5) is 23.5. The first-order chi connectivity index (χ1) is 11.1. The van der Waals surface area contributed by atoms with Crippen LogP contribution in [0.15, 0.2) is 47.4 Å². The molecule has 23 heavy (non-hydrogen) atoms. The molecule has 3 rings (SSSR count). The molecular weight excluding hydrogens is 318 g/mol. The van der Waals surface area contributed by atoms with Crippen LogP contribution in [0.3, 0.4) is 0 Å². The number of carboxylic acid groups (broad SMARTS) is 1. The van der Waals surface area contributed by atoms with Gasteiger partial charge in [0.15, 0.2) is 11.5 Å². The van der Waals surface area contributed by atoms with Crippen LogP contribution >= 0.6 is 11.8 Å². The Labute approximate surface area is 136 Å². The molecule has 1 N–H and O–H groups in total. The van der Waals surface area contributed by atoms with Gasteiger partial charge in [-0.2, -0.15) is 0 Å². The summed E-state index contributed by atoms with van der Waals surface area (Å²) in [5, 5.41) is 13.7. The van der Waals surface area contributed by atoms with Crippen LogP contribution in [0.1, 0.15) is 10.4 Å². The molecule has 0 atom stereocenters. The zero-order chi connectivity index (χ0) is 16.2. The van der Waals surface area contributed by atoms with E-state index in [2.05, 4.69) is 5.32 Å². The van der Waals surface area contributed by atoms with Gasteiger partial charge < -0.3 is 24.7 Å². The highest BCUT2D eigenvalue weighted by atomic mass is 32.2. The van der Waals surface area contributed by atoms with Crippen LogP contribution in [-0.2, 0) is 4.79 Å². The number of hydrogen-bond acceptors (Lipinski definition) is 6. The highest BCUT2D eigenvalue weighted by Crippen LogP contribution is 2.34. The van der Waals surface area contributed by atoms with Crippen molar-refractivity contribution in [3.05, 3.63) is 48.0 Å². The van der Waals surface area contributed by atoms with Crippen molar-refractivity contribution in [2.75, 3.05) is 17.9 Å². The van der Waals surface area contributed by atoms with Gasteiger partial charge in [0.1, 0.15) is 0 Å². The summed E-state index contributed by atoms with van der Waals surface area (Å²) < 4.78 is 10.4. The van der Waals surface area contributed by atoms with Gasteiger partial charge in [-0.05, 0) is 18.2 Å². The molecule has 0 spiro atoms. The first-order valence-corrected chi connectivity index (χ1v) is 7.75. The van der Waals surface area contributed by atoms with Gasteiger partial charge in [0, 0.05) is 22.2 Å². The van der Waals surface area contributed by atoms with Crippen molar-refractivity contribution < 1.29 is 24.2 Å². The van der Waals surface area contributed by atoms with E-state index >= 15 is 0 Å². The molecule has 0 fully saturated rings. The third-order valence-electron chi connectivity index (χ3n) is 3.12. The van der Waals surface area contributed by atoms with Crippen LogP contribution in [0.5, 0.6) is 11.5 Å². The molecule has 6 nitrogen and oxygen atoms in total. The quantitative estimate of drug-likeness (QED) is 0.836. The highest BCUT2D eigenvalue weighted by Gasteiger charge is 2.14. The third-order valence-corrected chi connectivity index (χ3v) is 4.20. The summed E-state index contributed by atoms with van der Waals surface area (Å²) in [6, 6.07) is 11.5. The van der Waals surface area contributed by atoms with Crippen LogP contribution in [0.4, 0.5) is 5.69 Å². The molecule has 0 aliphatic carbocycles. The second-order valence-corrected chi connectivity index (χ2v) is 5.71. The lowest BCUT2D eigenvalue weighted by molar-refractivity contribution is -0.255. The van der Waals surface area contributed by atoms with Crippen molar-refractivity contribution in [1.29, 1.82) is 0 Å². The van der Waals surface area contributed by atoms with E-state index in [-0.39, 0.29) is 24.0 Å². The molecule has 1 aliphatic rings. The number of benzene rings is 2. The molecule has 1 heterocycles. The molecule has 2 aromatic rings. The van der Waals surface area contributed by atoms with E-state index in [0.717, 1.165) is 11.8 Å². The average Bonchev–Trinajstić information content (AvgIpc) is 3.00. The van der Waals surface area contributed by atoms with Crippen LogP contribution in [-0.4, -0.2) is 24.4 Å². The number of amides is 1. The Kier molecular flexibility index (Phi) is 4.38. The molecule has 2 aromatic carbocycles. The largest absolute Gasteiger partial charge is 0.545 e. The minimum atomic E-state index is -1.26. The van der Waals surface area contributed by atoms with Crippen LogP contribution in [0.25, 0.3) is 0 Å². The van der Waals surface area contributed by atoms with Crippen molar-refractivity contribution in [3.63, 3.8) is 0 Å². The molecule has 118 valence electrons. The summed E-state index contributed by atoms with van der Waals surface area (Å²) in [5.74, 6) is -0.206. The van der Waals surface area contributed by atoms with E-state index in [0.29, 0.717) is 22.1 Å². The molecule has 0 saturated carbocycles. The van der Waals surface area contributed by atoms with E-state index in [1.165, 1.54) is 6.07 Å². The fourth-order valence-electron chi connectivity index (χ4n) is 2.08. The Bertz CT molecular complexity index is 762. The summed E-state index contributed by atoms with van der Waals surface area (Å²) in [7, 11) is 0. The summed E-state index contributed by atoms with van der Waals surface area (Å²) >= 11 is 1.14. The fourth-order valence-corrected chi connectivity index (χ4v) is 2.92. The van der Waals surface area contributed by atoms with E-state index in [1.54, 1.807) is 36.4 Å². The number of thioether (sulfide) groups is 1. The predicted octanol–water partition coefficient (Wildman–Crippen LogP) is 1.51. The number of hydrogen-bond donors (Lipinski definition) is 1. The number of rotatable bonds is 5. The van der Waals surface area contributed by atoms with Gasteiger partial charge in [0.25, 0.3) is 0 Å². The number of aromatic carboxylic acids is 1. The van der Waals surface area contributed by atoms with Crippen LogP contribution in [0.2, 0.25) is 0 Å². The number of fused-ring (bicyclic) bond motifs is 1. The third kappa shape index (κ3) is 3.57. The second-order valence-electron chi connectivity index (χ2n) is 4.69. The monoisotopic (exact) mass is 330 g/mol. The van der Waals surface area contributed by atoms with Crippen molar-refractivity contribution >= 4 is 29.3 Å². The topological polar surface area (TPSA) is 87.7 Å². The molecule has 0 bridgehead atoms. The minimum Gasteiger partial charge on any atom is -0.545 e. The molecule has 0 unspecified atom stereocenters. The first-order valence-electron chi connectivity index (χ1n) is 6.76. The zero-order valence-corrected chi connectivity index (χ0v) is 12.7. The van der Waals surface area contributed by atoms with Crippen LogP contribution < -0.4 is 19.9 Å². The van der Waals surface area contributed by atoms with Gasteiger partial charge in [0.05, 0.1) is 11.7 Å². The fraction of sp³-hybridized carbons (Fsp3) is 0.125. The summed E-state index contributed by atoms with van der Waals surface area (Å²) in [5.41, 5.74) is 0.668. The second kappa shape index (κ2) is 6.62. The van der Waals surface area contributed by atoms with E-state index in [9.17, 15) is 14.7 Å². The SMILES string of the molecule is O=C(CSc1ccccc1C(=O)[O-])Nc1ccc2c(c1)OCO2. The number of ether oxygens (including phenoxy) is 2. The maximum absolute atomic E-state index is 12.0. The van der Waals surface area contributed by atoms with E-state index < -0.39 is 5.97 Å². The lowest BCUT2D eigenvalue weighted by Gasteiger charge is -2.10. The number of carbonyl (C=O) groups is 2. The van der Waals surface area contributed by atoms with Crippen molar-refractivity contribution in [2.45, 2.75) is 4.90 Å². The Hall–Kier alpha value is -2.67. The Balaban J connectivity index is 1.61. The predicted molar refractivity (Wildman–Crippen MR) is 82.7 cm³/mol. The standard InChI is InChI=1S/C16H13NO5S/c18-15(8-23-14-4-2-1-3-11(14)16(19)20)17-10-5-6-12-13(7-10)22-9-21-12/h1-7H,8-9H2,(H,17,18)(H,19,20)/p-1. The highest BCUT2D eigenvalue weighted by molar-refractivity contribution is 8.00. The molecule has 1 aliphatic heterocycles. The molecule has 1 amide bonds. The number of carboxylic acids is 1.